The number of aliphatic hydroxyl groups is 1. The van der Waals surface area contributed by atoms with Crippen LogP contribution >= 0.6 is 0 Å². The maximum Gasteiger partial charge on any atom is 0.131 e. The molecule has 4 heteroatoms. The fraction of sp³-hybridized carbons (Fsp3) is 0.583. The standard InChI is InChI=1S/C12H18N2O2/c1-9-4-3-5-13-12(9)14-6-11(7-15)16-8-10(14)2/h3-5,10-11,15H,6-8H2,1-2H3. The van der Waals surface area contributed by atoms with Crippen LogP contribution in [0.4, 0.5) is 5.82 Å². The van der Waals surface area contributed by atoms with Gasteiger partial charge in [-0.2, -0.15) is 0 Å². The summed E-state index contributed by atoms with van der Waals surface area (Å²) in [4.78, 5) is 6.62. The number of morpholine rings is 1. The summed E-state index contributed by atoms with van der Waals surface area (Å²) in [6, 6.07) is 4.29. The first-order valence-corrected chi connectivity index (χ1v) is 5.63. The minimum Gasteiger partial charge on any atom is -0.394 e. The Morgan fingerprint density at radius 2 is 2.44 bits per heavy atom. The molecule has 1 saturated heterocycles. The van der Waals surface area contributed by atoms with E-state index in [0.717, 1.165) is 11.4 Å². The number of hydrogen-bond donors (Lipinski definition) is 1. The van der Waals surface area contributed by atoms with Gasteiger partial charge in [0.05, 0.1) is 25.4 Å². The number of aliphatic hydroxyl groups excluding tert-OH is 1. The van der Waals surface area contributed by atoms with E-state index >= 15 is 0 Å². The molecule has 0 amide bonds. The Bertz CT molecular complexity index is 357. The average molecular weight is 222 g/mol. The third-order valence-corrected chi connectivity index (χ3v) is 2.96. The highest BCUT2D eigenvalue weighted by atomic mass is 16.5. The molecular weight excluding hydrogens is 204 g/mol. The van der Waals surface area contributed by atoms with Gasteiger partial charge in [0.25, 0.3) is 0 Å². The number of ether oxygens (including phenoxy) is 1. The smallest absolute Gasteiger partial charge is 0.131 e. The Morgan fingerprint density at radius 1 is 1.62 bits per heavy atom. The van der Waals surface area contributed by atoms with Crippen molar-refractivity contribution in [2.24, 2.45) is 0 Å². The number of hydrogen-bond acceptors (Lipinski definition) is 4. The molecule has 1 N–H and O–H groups in total. The van der Waals surface area contributed by atoms with E-state index in [-0.39, 0.29) is 12.7 Å². The van der Waals surface area contributed by atoms with Crippen molar-refractivity contribution in [3.05, 3.63) is 23.9 Å². The van der Waals surface area contributed by atoms with E-state index in [9.17, 15) is 0 Å². The summed E-state index contributed by atoms with van der Waals surface area (Å²) in [6.45, 7) is 5.58. The van der Waals surface area contributed by atoms with E-state index in [1.165, 1.54) is 0 Å². The molecule has 16 heavy (non-hydrogen) atoms. The van der Waals surface area contributed by atoms with Crippen molar-refractivity contribution in [1.82, 2.24) is 4.98 Å². The van der Waals surface area contributed by atoms with Crippen LogP contribution in [0.15, 0.2) is 18.3 Å². The molecule has 2 rings (SSSR count). The molecule has 0 bridgehead atoms. The molecule has 4 nitrogen and oxygen atoms in total. The first-order chi connectivity index (χ1) is 7.72. The van der Waals surface area contributed by atoms with Gasteiger partial charge >= 0.3 is 0 Å². The van der Waals surface area contributed by atoms with Gasteiger partial charge < -0.3 is 14.7 Å². The predicted molar refractivity (Wildman–Crippen MR) is 62.6 cm³/mol. The number of aryl methyl sites for hydroxylation is 1. The molecule has 0 radical (unpaired) electrons. The minimum atomic E-state index is -0.0994. The van der Waals surface area contributed by atoms with E-state index in [1.807, 2.05) is 6.07 Å². The van der Waals surface area contributed by atoms with Crippen LogP contribution in [-0.4, -0.2) is 42.0 Å². The first-order valence-electron chi connectivity index (χ1n) is 5.63. The van der Waals surface area contributed by atoms with Crippen molar-refractivity contribution in [1.29, 1.82) is 0 Å². The number of pyridine rings is 1. The molecule has 2 unspecified atom stereocenters. The lowest BCUT2D eigenvalue weighted by Crippen LogP contribution is -2.50. The van der Waals surface area contributed by atoms with Crippen LogP contribution in [0.5, 0.6) is 0 Å². The quantitative estimate of drug-likeness (QED) is 0.810. The molecule has 1 aromatic rings. The molecular formula is C12H18N2O2. The summed E-state index contributed by atoms with van der Waals surface area (Å²) in [7, 11) is 0. The summed E-state index contributed by atoms with van der Waals surface area (Å²) in [5, 5.41) is 9.14. The van der Waals surface area contributed by atoms with Gasteiger partial charge in [0.15, 0.2) is 0 Å². The van der Waals surface area contributed by atoms with Gasteiger partial charge in [-0.15, -0.1) is 0 Å². The van der Waals surface area contributed by atoms with Gasteiger partial charge in [-0.3, -0.25) is 0 Å². The van der Waals surface area contributed by atoms with Gasteiger partial charge in [0.1, 0.15) is 5.82 Å². The summed E-state index contributed by atoms with van der Waals surface area (Å²) < 4.78 is 5.51. The van der Waals surface area contributed by atoms with Crippen LogP contribution in [0, 0.1) is 6.92 Å². The second-order valence-electron chi connectivity index (χ2n) is 4.28. The molecule has 88 valence electrons. The zero-order valence-corrected chi connectivity index (χ0v) is 9.76. The molecule has 0 aliphatic carbocycles. The molecule has 2 atom stereocenters. The topological polar surface area (TPSA) is 45.6 Å². The Labute approximate surface area is 95.9 Å². The molecule has 1 fully saturated rings. The van der Waals surface area contributed by atoms with Gasteiger partial charge in [-0.1, -0.05) is 6.07 Å². The van der Waals surface area contributed by atoms with Crippen LogP contribution in [0.2, 0.25) is 0 Å². The Hall–Kier alpha value is -1.13. The maximum absolute atomic E-state index is 9.14. The summed E-state index contributed by atoms with van der Waals surface area (Å²) in [5.74, 6) is 0.997. The lowest BCUT2D eigenvalue weighted by molar-refractivity contribution is -0.0106. The Morgan fingerprint density at radius 3 is 3.12 bits per heavy atom. The lowest BCUT2D eigenvalue weighted by atomic mass is 10.1. The molecule has 0 saturated carbocycles. The fourth-order valence-electron chi connectivity index (χ4n) is 2.00. The van der Waals surface area contributed by atoms with E-state index in [1.54, 1.807) is 6.20 Å². The van der Waals surface area contributed by atoms with Crippen LogP contribution in [-0.2, 0) is 4.74 Å². The SMILES string of the molecule is Cc1cccnc1N1CC(CO)OCC1C. The van der Waals surface area contributed by atoms with Crippen molar-refractivity contribution in [2.45, 2.75) is 26.0 Å². The minimum absolute atomic E-state index is 0.0646. The Kier molecular flexibility index (Phi) is 3.41. The third kappa shape index (κ3) is 2.18. The zero-order valence-electron chi connectivity index (χ0n) is 9.76. The number of aromatic nitrogens is 1. The van der Waals surface area contributed by atoms with Crippen LogP contribution < -0.4 is 4.90 Å². The van der Waals surface area contributed by atoms with E-state index in [0.29, 0.717) is 19.2 Å². The molecule has 0 spiro atoms. The van der Waals surface area contributed by atoms with Crippen LogP contribution in [0.3, 0.4) is 0 Å². The van der Waals surface area contributed by atoms with Crippen molar-refractivity contribution in [3.63, 3.8) is 0 Å². The van der Waals surface area contributed by atoms with E-state index < -0.39 is 0 Å². The lowest BCUT2D eigenvalue weighted by Gasteiger charge is -2.38. The maximum atomic E-state index is 9.14. The average Bonchev–Trinajstić information content (AvgIpc) is 2.31. The number of nitrogens with zero attached hydrogens (tertiary/aromatic N) is 2. The largest absolute Gasteiger partial charge is 0.394 e. The van der Waals surface area contributed by atoms with E-state index in [4.69, 9.17) is 9.84 Å². The highest BCUT2D eigenvalue weighted by Crippen LogP contribution is 2.22. The third-order valence-electron chi connectivity index (χ3n) is 2.96. The highest BCUT2D eigenvalue weighted by molar-refractivity contribution is 5.47. The van der Waals surface area contributed by atoms with Gasteiger partial charge in [-0.25, -0.2) is 4.98 Å². The van der Waals surface area contributed by atoms with Crippen LogP contribution in [0.1, 0.15) is 12.5 Å². The van der Waals surface area contributed by atoms with Gasteiger partial charge in [0.2, 0.25) is 0 Å². The summed E-state index contributed by atoms with van der Waals surface area (Å²) in [6.07, 6.45) is 1.70. The van der Waals surface area contributed by atoms with Crippen molar-refractivity contribution in [2.75, 3.05) is 24.7 Å². The second kappa shape index (κ2) is 4.80. The van der Waals surface area contributed by atoms with Crippen molar-refractivity contribution >= 4 is 5.82 Å². The molecule has 1 aromatic heterocycles. The number of anilines is 1. The van der Waals surface area contributed by atoms with E-state index in [2.05, 4.69) is 29.8 Å². The zero-order chi connectivity index (χ0) is 11.5. The molecule has 2 heterocycles. The normalized spacial score (nSPS) is 25.8. The second-order valence-corrected chi connectivity index (χ2v) is 4.28. The fourth-order valence-corrected chi connectivity index (χ4v) is 2.00. The monoisotopic (exact) mass is 222 g/mol. The van der Waals surface area contributed by atoms with Crippen molar-refractivity contribution in [3.8, 4) is 0 Å². The van der Waals surface area contributed by atoms with Gasteiger partial charge in [-0.05, 0) is 25.5 Å². The first kappa shape index (κ1) is 11.4. The predicted octanol–water partition coefficient (Wildman–Crippen LogP) is 0.976. The highest BCUT2D eigenvalue weighted by Gasteiger charge is 2.27. The van der Waals surface area contributed by atoms with Gasteiger partial charge in [0, 0.05) is 12.7 Å². The van der Waals surface area contributed by atoms with Crippen molar-refractivity contribution < 1.29 is 9.84 Å². The van der Waals surface area contributed by atoms with Crippen LogP contribution in [0.25, 0.3) is 0 Å². The molecule has 1 aliphatic rings. The Balaban J connectivity index is 2.21. The molecule has 0 aromatic carbocycles. The number of rotatable bonds is 2. The summed E-state index contributed by atoms with van der Waals surface area (Å²) in [5.41, 5.74) is 1.16. The summed E-state index contributed by atoms with van der Waals surface area (Å²) >= 11 is 0. The molecule has 1 aliphatic heterocycles.